The van der Waals surface area contributed by atoms with Crippen LogP contribution in [0.5, 0.6) is 5.75 Å². The van der Waals surface area contributed by atoms with Crippen molar-refractivity contribution >= 4 is 11.9 Å². The molecule has 0 saturated carbocycles. The van der Waals surface area contributed by atoms with Gasteiger partial charge in [-0.25, -0.2) is 0 Å². The Balaban J connectivity index is 2.56. The van der Waals surface area contributed by atoms with Gasteiger partial charge in [0.15, 0.2) is 0 Å². The molecule has 0 saturated heterocycles. The highest BCUT2D eigenvalue weighted by molar-refractivity contribution is 5.94. The number of hydrogen-bond donors (Lipinski definition) is 1. The van der Waals surface area contributed by atoms with Gasteiger partial charge in [0.05, 0.1) is 0 Å². The first-order valence-corrected chi connectivity index (χ1v) is 6.80. The number of carbonyl (C=O) groups is 2. The van der Waals surface area contributed by atoms with Crippen LogP contribution in [0.15, 0.2) is 24.3 Å². The van der Waals surface area contributed by atoms with Gasteiger partial charge < -0.3 is 14.9 Å². The number of ether oxygens (including phenoxy) is 1. The van der Waals surface area contributed by atoms with E-state index in [1.807, 2.05) is 6.92 Å². The summed E-state index contributed by atoms with van der Waals surface area (Å²) in [6.45, 7) is 3.19. The number of carbonyl (C=O) groups excluding carboxylic acids is 2. The molecule has 120 valence electrons. The van der Waals surface area contributed by atoms with Crippen LogP contribution in [0.3, 0.4) is 0 Å². The summed E-state index contributed by atoms with van der Waals surface area (Å²) >= 11 is 0. The summed E-state index contributed by atoms with van der Waals surface area (Å²) in [5.74, 6) is -0.497. The van der Waals surface area contributed by atoms with Crippen molar-refractivity contribution in [2.45, 2.75) is 32.8 Å². The van der Waals surface area contributed by atoms with Crippen LogP contribution in [0.2, 0.25) is 0 Å². The summed E-state index contributed by atoms with van der Waals surface area (Å²) in [6, 6.07) is 5.98. The van der Waals surface area contributed by atoms with E-state index in [1.165, 1.54) is 31.2 Å². The van der Waals surface area contributed by atoms with Crippen molar-refractivity contribution in [3.8, 4) is 5.75 Å². The van der Waals surface area contributed by atoms with E-state index >= 15 is 0 Å². The normalized spacial score (nSPS) is 11.4. The predicted octanol–water partition coefficient (Wildman–Crippen LogP) is 1.72. The number of esters is 1. The van der Waals surface area contributed by atoms with Gasteiger partial charge in [0.25, 0.3) is 11.0 Å². The van der Waals surface area contributed by atoms with Crippen LogP contribution in [0.1, 0.15) is 37.0 Å². The summed E-state index contributed by atoms with van der Waals surface area (Å²) in [5, 5.41) is 12.1. The number of amides is 1. The Labute approximate surface area is 127 Å². The average Bonchev–Trinajstić information content (AvgIpc) is 2.44. The Morgan fingerprint density at radius 1 is 1.32 bits per heavy atom. The second kappa shape index (κ2) is 8.60. The topological polar surface area (TPSA) is 108 Å². The zero-order valence-electron chi connectivity index (χ0n) is 12.4. The van der Waals surface area contributed by atoms with Gasteiger partial charge in [-0.15, -0.1) is 10.1 Å². The maximum Gasteiger partial charge on any atom is 0.308 e. The molecule has 1 aromatic carbocycles. The highest BCUT2D eigenvalue weighted by atomic mass is 17.0. The molecule has 1 atom stereocenters. The molecule has 8 nitrogen and oxygen atoms in total. The molecule has 8 heteroatoms. The molecule has 0 radical (unpaired) electrons. The van der Waals surface area contributed by atoms with E-state index in [2.05, 4.69) is 10.2 Å². The van der Waals surface area contributed by atoms with Crippen LogP contribution in [0, 0.1) is 10.1 Å². The first kappa shape index (κ1) is 17.4. The van der Waals surface area contributed by atoms with Crippen molar-refractivity contribution in [3.05, 3.63) is 39.9 Å². The molecule has 0 fully saturated rings. The number of nitrogens with zero attached hydrogens (tertiary/aromatic N) is 1. The summed E-state index contributed by atoms with van der Waals surface area (Å²) in [4.78, 5) is 37.6. The fourth-order valence-corrected chi connectivity index (χ4v) is 1.78. The van der Waals surface area contributed by atoms with Gasteiger partial charge in [0.2, 0.25) is 0 Å². The molecule has 0 aliphatic rings. The fraction of sp³-hybridized carbons (Fsp3) is 0.429. The van der Waals surface area contributed by atoms with Gasteiger partial charge in [0.1, 0.15) is 11.9 Å². The van der Waals surface area contributed by atoms with Gasteiger partial charge in [-0.1, -0.05) is 13.3 Å². The fourth-order valence-electron chi connectivity index (χ4n) is 1.78. The minimum Gasteiger partial charge on any atom is -0.427 e. The monoisotopic (exact) mass is 310 g/mol. The molecule has 0 spiro atoms. The van der Waals surface area contributed by atoms with E-state index in [9.17, 15) is 19.7 Å². The van der Waals surface area contributed by atoms with Crippen molar-refractivity contribution < 1.29 is 24.3 Å². The zero-order valence-corrected chi connectivity index (χ0v) is 12.4. The van der Waals surface area contributed by atoms with Crippen molar-refractivity contribution in [1.82, 2.24) is 5.32 Å². The van der Waals surface area contributed by atoms with E-state index < -0.39 is 17.2 Å². The average molecular weight is 310 g/mol. The van der Waals surface area contributed by atoms with E-state index in [1.54, 1.807) is 0 Å². The Kier molecular flexibility index (Phi) is 6.81. The summed E-state index contributed by atoms with van der Waals surface area (Å²) in [5.41, 5.74) is 0.354. The third-order valence-corrected chi connectivity index (χ3v) is 2.71. The molecule has 22 heavy (non-hydrogen) atoms. The van der Waals surface area contributed by atoms with Gasteiger partial charge in [-0.05, 0) is 30.7 Å². The van der Waals surface area contributed by atoms with Crippen molar-refractivity contribution in [2.24, 2.45) is 0 Å². The molecule has 0 aliphatic heterocycles. The van der Waals surface area contributed by atoms with Gasteiger partial charge in [-0.3, -0.25) is 9.59 Å². The second-order valence-corrected chi connectivity index (χ2v) is 4.57. The van der Waals surface area contributed by atoms with E-state index in [-0.39, 0.29) is 12.5 Å². The number of hydrogen-bond acceptors (Lipinski definition) is 6. The lowest BCUT2D eigenvalue weighted by Crippen LogP contribution is -2.34. The van der Waals surface area contributed by atoms with E-state index in [0.717, 1.165) is 0 Å². The Morgan fingerprint density at radius 2 is 1.95 bits per heavy atom. The standard InChI is InChI=1S/C14H18N2O6/c1-3-4-13(22-16(19)20)9-15-14(18)11-5-7-12(8-6-11)21-10(2)17/h5-8,13H,3-4,9H2,1-2H3,(H,15,18). The molecule has 0 bridgehead atoms. The minimum atomic E-state index is -0.861. The Morgan fingerprint density at radius 3 is 2.45 bits per heavy atom. The van der Waals surface area contributed by atoms with E-state index in [4.69, 9.17) is 4.74 Å². The second-order valence-electron chi connectivity index (χ2n) is 4.57. The molecule has 1 unspecified atom stereocenters. The Bertz CT molecular complexity index is 529. The molecular weight excluding hydrogens is 292 g/mol. The van der Waals surface area contributed by atoms with E-state index in [0.29, 0.717) is 24.2 Å². The third-order valence-electron chi connectivity index (χ3n) is 2.71. The first-order valence-electron chi connectivity index (χ1n) is 6.80. The van der Waals surface area contributed by atoms with Crippen LogP contribution in [0.25, 0.3) is 0 Å². The Hall–Kier alpha value is -2.64. The molecule has 1 N–H and O–H groups in total. The number of rotatable bonds is 8. The molecule has 0 heterocycles. The van der Waals surface area contributed by atoms with Gasteiger partial charge in [0, 0.05) is 19.0 Å². The predicted molar refractivity (Wildman–Crippen MR) is 76.9 cm³/mol. The van der Waals surface area contributed by atoms with Crippen molar-refractivity contribution in [1.29, 1.82) is 0 Å². The maximum absolute atomic E-state index is 11.9. The molecule has 0 aromatic heterocycles. The molecule has 1 aromatic rings. The van der Waals surface area contributed by atoms with Gasteiger partial charge in [-0.2, -0.15) is 0 Å². The molecular formula is C14H18N2O6. The first-order chi connectivity index (χ1) is 10.4. The summed E-state index contributed by atoms with van der Waals surface area (Å²) in [6.07, 6.45) is 0.488. The molecule has 1 rings (SSSR count). The largest absolute Gasteiger partial charge is 0.427 e. The summed E-state index contributed by atoms with van der Waals surface area (Å²) in [7, 11) is 0. The highest BCUT2D eigenvalue weighted by Gasteiger charge is 2.14. The van der Waals surface area contributed by atoms with Crippen LogP contribution in [-0.4, -0.2) is 29.6 Å². The molecule has 0 aliphatic carbocycles. The van der Waals surface area contributed by atoms with Crippen molar-refractivity contribution in [2.75, 3.05) is 6.54 Å². The van der Waals surface area contributed by atoms with Crippen LogP contribution >= 0.6 is 0 Å². The third kappa shape index (κ3) is 6.21. The van der Waals surface area contributed by atoms with Gasteiger partial charge >= 0.3 is 5.97 Å². The van der Waals surface area contributed by atoms with Crippen LogP contribution in [-0.2, 0) is 9.63 Å². The highest BCUT2D eigenvalue weighted by Crippen LogP contribution is 2.12. The maximum atomic E-state index is 11.9. The summed E-state index contributed by atoms with van der Waals surface area (Å²) < 4.78 is 4.86. The smallest absolute Gasteiger partial charge is 0.308 e. The lowest BCUT2D eigenvalue weighted by molar-refractivity contribution is -0.768. The lowest BCUT2D eigenvalue weighted by Gasteiger charge is -2.14. The quantitative estimate of drug-likeness (QED) is 0.339. The van der Waals surface area contributed by atoms with Crippen LogP contribution < -0.4 is 10.1 Å². The van der Waals surface area contributed by atoms with Crippen molar-refractivity contribution in [3.63, 3.8) is 0 Å². The number of benzene rings is 1. The number of nitrogens with one attached hydrogen (secondary N) is 1. The zero-order chi connectivity index (χ0) is 16.5. The molecule has 1 amide bonds. The SMILES string of the molecule is CCCC(CNC(=O)c1ccc(OC(C)=O)cc1)O[N+](=O)[O-]. The lowest BCUT2D eigenvalue weighted by atomic mass is 10.2. The van der Waals surface area contributed by atoms with Crippen LogP contribution in [0.4, 0.5) is 0 Å². The minimum absolute atomic E-state index is 0.0410.